The lowest BCUT2D eigenvalue weighted by Gasteiger charge is -2.51. The van der Waals surface area contributed by atoms with Crippen LogP contribution in [0.5, 0.6) is 5.75 Å². The standard InChI is InChI=1S/C34H33ClN2O6S2/c1-23-8-10-24(11-9-23)31-20-33-30(22-36(31)44(39,40)29-18-14-26(35)15-19-29)34(38)21-32(25-12-16-27(43-2)17-13-25)37(33)45(41,42)28-6-4-3-5-7-28/h3-19,30-33H,20-22H2,1-2H3/t30-,31?,32+,33+/m1/s1. The first kappa shape index (κ1) is 31.4. The van der Waals surface area contributed by atoms with E-state index in [2.05, 4.69) is 0 Å². The van der Waals surface area contributed by atoms with Gasteiger partial charge in [-0.1, -0.05) is 71.8 Å². The quantitative estimate of drug-likeness (QED) is 0.234. The highest BCUT2D eigenvalue weighted by Gasteiger charge is 2.54. The maximum absolute atomic E-state index is 14.5. The SMILES string of the molecule is COc1ccc([C@@H]2CC(=O)[C@@H]3CN(S(=O)(=O)c4ccc(Cl)cc4)C(c4ccc(C)cc4)C[C@@H]3N2S(=O)(=O)c2ccccc2)cc1. The van der Waals surface area contributed by atoms with Crippen LogP contribution in [0, 0.1) is 12.8 Å². The first-order valence-electron chi connectivity index (χ1n) is 14.6. The maximum Gasteiger partial charge on any atom is 0.243 e. The van der Waals surface area contributed by atoms with E-state index >= 15 is 0 Å². The van der Waals surface area contributed by atoms with E-state index in [9.17, 15) is 21.6 Å². The predicted molar refractivity (Wildman–Crippen MR) is 172 cm³/mol. The van der Waals surface area contributed by atoms with Crippen molar-refractivity contribution in [3.63, 3.8) is 0 Å². The first-order chi connectivity index (χ1) is 21.5. The van der Waals surface area contributed by atoms with E-state index in [1.165, 1.54) is 32.9 Å². The molecule has 2 aliphatic heterocycles. The molecule has 0 aliphatic carbocycles. The van der Waals surface area contributed by atoms with Crippen LogP contribution in [0.2, 0.25) is 5.02 Å². The normalized spacial score (nSPS) is 23.0. The van der Waals surface area contributed by atoms with Gasteiger partial charge < -0.3 is 4.74 Å². The molecule has 2 saturated heterocycles. The third-order valence-electron chi connectivity index (χ3n) is 8.80. The fraction of sp³-hybridized carbons (Fsp3) is 0.265. The van der Waals surface area contributed by atoms with Crippen molar-refractivity contribution >= 4 is 37.4 Å². The molecule has 45 heavy (non-hydrogen) atoms. The summed E-state index contributed by atoms with van der Waals surface area (Å²) in [6, 6.07) is 26.4. The number of piperidine rings is 2. The molecule has 2 heterocycles. The number of Topliss-reactive ketones (excluding diaryl/α,β-unsaturated/α-hetero) is 1. The molecular formula is C34H33ClN2O6S2. The lowest BCUT2D eigenvalue weighted by atomic mass is 9.77. The minimum Gasteiger partial charge on any atom is -0.497 e. The molecule has 0 bridgehead atoms. The number of hydrogen-bond donors (Lipinski definition) is 0. The second kappa shape index (κ2) is 12.3. The van der Waals surface area contributed by atoms with Gasteiger partial charge in [-0.05, 0) is 73.0 Å². The number of halogens is 1. The van der Waals surface area contributed by atoms with Crippen LogP contribution >= 0.6 is 11.6 Å². The number of fused-ring (bicyclic) bond motifs is 1. The smallest absolute Gasteiger partial charge is 0.243 e. The second-order valence-electron chi connectivity index (χ2n) is 11.5. The van der Waals surface area contributed by atoms with E-state index in [4.69, 9.17) is 16.3 Å². The molecule has 0 saturated carbocycles. The second-order valence-corrected chi connectivity index (χ2v) is 15.6. The highest BCUT2D eigenvalue weighted by molar-refractivity contribution is 7.89. The number of nitrogens with zero attached hydrogens (tertiary/aromatic N) is 2. The van der Waals surface area contributed by atoms with Crippen LogP contribution in [0.25, 0.3) is 0 Å². The van der Waals surface area contributed by atoms with Crippen LogP contribution in [0.4, 0.5) is 0 Å². The van der Waals surface area contributed by atoms with Crippen molar-refractivity contribution in [2.24, 2.45) is 5.92 Å². The van der Waals surface area contributed by atoms with Gasteiger partial charge in [0, 0.05) is 29.9 Å². The number of carbonyl (C=O) groups excluding carboxylic acids is 1. The van der Waals surface area contributed by atoms with Gasteiger partial charge in [0.2, 0.25) is 20.0 Å². The summed E-state index contributed by atoms with van der Waals surface area (Å²) in [6.07, 6.45) is -0.00536. The summed E-state index contributed by atoms with van der Waals surface area (Å²) in [5.41, 5.74) is 2.37. The minimum atomic E-state index is -4.12. The van der Waals surface area contributed by atoms with E-state index in [1.807, 2.05) is 31.2 Å². The van der Waals surface area contributed by atoms with Crippen molar-refractivity contribution in [2.45, 2.75) is 47.7 Å². The van der Waals surface area contributed by atoms with E-state index in [0.717, 1.165) is 5.56 Å². The van der Waals surface area contributed by atoms with Crippen molar-refractivity contribution in [1.82, 2.24) is 8.61 Å². The van der Waals surface area contributed by atoms with Crippen molar-refractivity contribution in [2.75, 3.05) is 13.7 Å². The van der Waals surface area contributed by atoms with Gasteiger partial charge in [-0.25, -0.2) is 16.8 Å². The fourth-order valence-electron chi connectivity index (χ4n) is 6.46. The molecule has 2 aliphatic rings. The number of benzene rings is 4. The molecular weight excluding hydrogens is 632 g/mol. The van der Waals surface area contributed by atoms with E-state index < -0.39 is 44.1 Å². The Morgan fingerprint density at radius 1 is 0.733 bits per heavy atom. The number of hydrogen-bond acceptors (Lipinski definition) is 6. The van der Waals surface area contributed by atoms with Crippen LogP contribution in [0.15, 0.2) is 113 Å². The van der Waals surface area contributed by atoms with Crippen molar-refractivity contribution in [3.8, 4) is 5.75 Å². The Morgan fingerprint density at radius 2 is 1.31 bits per heavy atom. The Bertz CT molecular complexity index is 1900. The molecule has 1 unspecified atom stereocenters. The van der Waals surface area contributed by atoms with Crippen LogP contribution in [0.1, 0.15) is 41.6 Å². The summed E-state index contributed by atoms with van der Waals surface area (Å²) in [7, 11) is -6.67. The summed E-state index contributed by atoms with van der Waals surface area (Å²) < 4.78 is 65.6. The molecule has 4 aromatic carbocycles. The highest BCUT2D eigenvalue weighted by Crippen LogP contribution is 2.48. The lowest BCUT2D eigenvalue weighted by Crippen LogP contribution is -2.60. The number of aryl methyl sites for hydroxylation is 1. The monoisotopic (exact) mass is 664 g/mol. The minimum absolute atomic E-state index is 0.0515. The van der Waals surface area contributed by atoms with Gasteiger partial charge in [-0.3, -0.25) is 4.79 Å². The van der Waals surface area contributed by atoms with Crippen molar-refractivity contribution < 1.29 is 26.4 Å². The largest absolute Gasteiger partial charge is 0.497 e. The molecule has 4 atom stereocenters. The molecule has 0 spiro atoms. The number of ketones is 1. The Hall–Kier alpha value is -3.54. The summed E-state index contributed by atoms with van der Waals surface area (Å²) >= 11 is 6.07. The number of ether oxygens (including phenoxy) is 1. The molecule has 4 aromatic rings. The average Bonchev–Trinajstić information content (AvgIpc) is 3.05. The molecule has 0 N–H and O–H groups in total. The highest BCUT2D eigenvalue weighted by atomic mass is 35.5. The lowest BCUT2D eigenvalue weighted by molar-refractivity contribution is -0.132. The maximum atomic E-state index is 14.5. The first-order valence-corrected chi connectivity index (χ1v) is 17.9. The van der Waals surface area contributed by atoms with Gasteiger partial charge in [0.1, 0.15) is 11.5 Å². The Kier molecular flexibility index (Phi) is 8.62. The zero-order valence-electron chi connectivity index (χ0n) is 24.8. The number of sulfonamides is 2. The molecule has 11 heteroatoms. The van der Waals surface area contributed by atoms with Crippen LogP contribution in [-0.4, -0.2) is 50.9 Å². The topological polar surface area (TPSA) is 101 Å². The fourth-order valence-corrected chi connectivity index (χ4v) is 10.1. The Morgan fingerprint density at radius 3 is 1.93 bits per heavy atom. The van der Waals surface area contributed by atoms with E-state index in [-0.39, 0.29) is 35.0 Å². The summed E-state index contributed by atoms with van der Waals surface area (Å²) in [4.78, 5) is 14.2. The van der Waals surface area contributed by atoms with Gasteiger partial charge in [0.25, 0.3) is 0 Å². The van der Waals surface area contributed by atoms with Crippen LogP contribution in [0.3, 0.4) is 0 Å². The predicted octanol–water partition coefficient (Wildman–Crippen LogP) is 6.18. The van der Waals surface area contributed by atoms with Gasteiger partial charge in [-0.2, -0.15) is 8.61 Å². The molecule has 234 valence electrons. The van der Waals surface area contributed by atoms with E-state index in [0.29, 0.717) is 21.9 Å². The van der Waals surface area contributed by atoms with Gasteiger partial charge in [-0.15, -0.1) is 0 Å². The zero-order chi connectivity index (χ0) is 31.9. The third-order valence-corrected chi connectivity index (χ3v) is 12.9. The molecule has 0 aromatic heterocycles. The van der Waals surface area contributed by atoms with Crippen LogP contribution in [-0.2, 0) is 24.8 Å². The molecule has 0 amide bonds. The number of methoxy groups -OCH3 is 1. The summed E-state index contributed by atoms with van der Waals surface area (Å²) in [6.45, 7) is 1.78. The van der Waals surface area contributed by atoms with Gasteiger partial charge in [0.05, 0.1) is 29.0 Å². The Balaban J connectivity index is 1.50. The zero-order valence-corrected chi connectivity index (χ0v) is 27.2. The molecule has 6 rings (SSSR count). The number of rotatable bonds is 7. The van der Waals surface area contributed by atoms with Crippen molar-refractivity contribution in [3.05, 3.63) is 125 Å². The summed E-state index contributed by atoms with van der Waals surface area (Å²) in [5.74, 6) is -0.447. The number of carbonyl (C=O) groups is 1. The molecule has 8 nitrogen and oxygen atoms in total. The average molecular weight is 665 g/mol. The molecule has 2 fully saturated rings. The van der Waals surface area contributed by atoms with Gasteiger partial charge in [0.15, 0.2) is 0 Å². The Labute approximate surface area is 269 Å². The van der Waals surface area contributed by atoms with E-state index in [1.54, 1.807) is 61.7 Å². The van der Waals surface area contributed by atoms with Gasteiger partial charge >= 0.3 is 0 Å². The van der Waals surface area contributed by atoms with Crippen molar-refractivity contribution in [1.29, 1.82) is 0 Å². The molecule has 0 radical (unpaired) electrons. The third kappa shape index (κ3) is 5.93. The summed E-state index contributed by atoms with van der Waals surface area (Å²) in [5, 5.41) is 0.400. The van der Waals surface area contributed by atoms with Crippen LogP contribution < -0.4 is 4.74 Å².